The van der Waals surface area contributed by atoms with Crippen LogP contribution in [0.25, 0.3) is 28.0 Å². The SMILES string of the molecule is CCC[C@@](N)(I)c1cccc(-c2cc(OCC)c3cnn(-c4cccc(CO)n4)c3c2)n1. The van der Waals surface area contributed by atoms with Gasteiger partial charge in [0.1, 0.15) is 9.30 Å². The van der Waals surface area contributed by atoms with E-state index < -0.39 is 3.55 Å². The fourth-order valence-electron chi connectivity index (χ4n) is 3.69. The Labute approximate surface area is 200 Å². The maximum atomic E-state index is 9.48. The number of aromatic nitrogens is 4. The Kier molecular flexibility index (Phi) is 6.73. The van der Waals surface area contributed by atoms with Gasteiger partial charge in [-0.3, -0.25) is 4.98 Å². The summed E-state index contributed by atoms with van der Waals surface area (Å²) in [6.07, 6.45) is 3.59. The molecule has 0 spiro atoms. The Morgan fingerprint density at radius 3 is 2.69 bits per heavy atom. The highest BCUT2D eigenvalue weighted by Gasteiger charge is 2.24. The highest BCUT2D eigenvalue weighted by atomic mass is 127. The first-order valence-electron chi connectivity index (χ1n) is 10.6. The van der Waals surface area contributed by atoms with Crippen LogP contribution in [0.2, 0.25) is 0 Å². The minimum Gasteiger partial charge on any atom is -0.493 e. The van der Waals surface area contributed by atoms with Crippen molar-refractivity contribution < 1.29 is 9.84 Å². The number of hydrogen-bond acceptors (Lipinski definition) is 6. The summed E-state index contributed by atoms with van der Waals surface area (Å²) in [5, 5.41) is 14.9. The molecule has 3 N–H and O–H groups in total. The van der Waals surface area contributed by atoms with E-state index in [1.54, 1.807) is 16.9 Å². The second-order valence-electron chi connectivity index (χ2n) is 7.56. The Hall–Kier alpha value is -2.56. The van der Waals surface area contributed by atoms with E-state index in [1.807, 2.05) is 49.4 Å². The third-order valence-electron chi connectivity index (χ3n) is 5.21. The predicted molar refractivity (Wildman–Crippen MR) is 134 cm³/mol. The first-order valence-corrected chi connectivity index (χ1v) is 11.7. The number of nitrogens with two attached hydrogens (primary N) is 1. The van der Waals surface area contributed by atoms with Crippen LogP contribution in [0.3, 0.4) is 0 Å². The molecule has 0 saturated carbocycles. The maximum Gasteiger partial charge on any atom is 0.154 e. The molecule has 3 heterocycles. The number of rotatable bonds is 8. The van der Waals surface area contributed by atoms with Gasteiger partial charge in [0.05, 0.1) is 47.4 Å². The first kappa shape index (κ1) is 22.6. The lowest BCUT2D eigenvalue weighted by Gasteiger charge is -2.22. The number of fused-ring (bicyclic) bond motifs is 1. The Balaban J connectivity index is 1.88. The summed E-state index contributed by atoms with van der Waals surface area (Å²) >= 11 is 2.28. The third-order valence-corrected chi connectivity index (χ3v) is 6.30. The summed E-state index contributed by atoms with van der Waals surface area (Å²) in [5.41, 5.74) is 10.5. The van der Waals surface area contributed by atoms with E-state index in [9.17, 15) is 5.11 Å². The predicted octanol–water partition coefficient (Wildman–Crippen LogP) is 4.72. The van der Waals surface area contributed by atoms with Crippen molar-refractivity contribution in [3.8, 4) is 22.8 Å². The molecule has 7 nitrogen and oxygen atoms in total. The van der Waals surface area contributed by atoms with Gasteiger partial charge in [-0.15, -0.1) is 0 Å². The van der Waals surface area contributed by atoms with Crippen LogP contribution >= 0.6 is 22.6 Å². The monoisotopic (exact) mass is 543 g/mol. The third kappa shape index (κ3) is 4.48. The van der Waals surface area contributed by atoms with Crippen molar-refractivity contribution in [2.24, 2.45) is 5.73 Å². The van der Waals surface area contributed by atoms with E-state index in [2.05, 4.69) is 39.6 Å². The van der Waals surface area contributed by atoms with Gasteiger partial charge in [0, 0.05) is 5.56 Å². The van der Waals surface area contributed by atoms with E-state index >= 15 is 0 Å². The van der Waals surface area contributed by atoms with Crippen LogP contribution in [0, 0.1) is 0 Å². The number of hydrogen-bond donors (Lipinski definition) is 2. The molecule has 8 heteroatoms. The van der Waals surface area contributed by atoms with Crippen molar-refractivity contribution >= 4 is 33.5 Å². The van der Waals surface area contributed by atoms with Crippen molar-refractivity contribution in [1.82, 2.24) is 19.7 Å². The quantitative estimate of drug-likeness (QED) is 0.190. The van der Waals surface area contributed by atoms with E-state index in [1.165, 1.54) is 0 Å². The molecule has 0 aliphatic heterocycles. The molecule has 1 aromatic carbocycles. The summed E-state index contributed by atoms with van der Waals surface area (Å²) in [5.74, 6) is 1.36. The molecular weight excluding hydrogens is 517 g/mol. The van der Waals surface area contributed by atoms with E-state index in [0.717, 1.165) is 46.4 Å². The number of aliphatic hydroxyl groups is 1. The number of ether oxygens (including phenoxy) is 1. The molecule has 0 fully saturated rings. The van der Waals surface area contributed by atoms with Gasteiger partial charge in [0.25, 0.3) is 0 Å². The van der Waals surface area contributed by atoms with Crippen molar-refractivity contribution in [1.29, 1.82) is 0 Å². The molecular formula is C24H26IN5O2. The van der Waals surface area contributed by atoms with Crippen LogP contribution in [-0.2, 0) is 10.2 Å². The van der Waals surface area contributed by atoms with Crippen LogP contribution in [-0.4, -0.2) is 31.5 Å². The van der Waals surface area contributed by atoms with Gasteiger partial charge in [0.15, 0.2) is 5.82 Å². The zero-order chi connectivity index (χ0) is 22.7. The molecule has 3 aromatic heterocycles. The molecule has 4 aromatic rings. The second kappa shape index (κ2) is 9.51. The number of alkyl halides is 1. The molecule has 0 aliphatic carbocycles. The Morgan fingerprint density at radius 1 is 1.12 bits per heavy atom. The smallest absolute Gasteiger partial charge is 0.154 e. The average Bonchev–Trinajstić information content (AvgIpc) is 3.24. The molecule has 0 bridgehead atoms. The summed E-state index contributed by atoms with van der Waals surface area (Å²) in [6, 6.07) is 15.5. The standard InChI is InChI=1S/C24H26IN5O2/c1-3-11-24(25,26)22-9-6-8-19(29-22)16-12-20-18(21(13-16)32-4-2)14-27-30(20)23-10-5-7-17(15-31)28-23/h5-10,12-14,31H,3-4,11,15,26H2,1-2H3/t24-/m0/s1. The summed E-state index contributed by atoms with van der Waals surface area (Å²) in [4.78, 5) is 9.39. The maximum absolute atomic E-state index is 9.48. The number of benzene rings is 1. The minimum absolute atomic E-state index is 0.131. The van der Waals surface area contributed by atoms with Crippen LogP contribution < -0.4 is 10.5 Å². The molecule has 0 saturated heterocycles. The van der Waals surface area contributed by atoms with Gasteiger partial charge < -0.3 is 15.6 Å². The Bertz CT molecular complexity index is 1240. The van der Waals surface area contributed by atoms with Crippen LogP contribution in [0.4, 0.5) is 0 Å². The summed E-state index contributed by atoms with van der Waals surface area (Å²) in [7, 11) is 0. The summed E-state index contributed by atoms with van der Waals surface area (Å²) in [6.45, 7) is 4.48. The van der Waals surface area contributed by atoms with Gasteiger partial charge in [0.2, 0.25) is 0 Å². The first-order chi connectivity index (χ1) is 15.5. The molecule has 0 amide bonds. The van der Waals surface area contributed by atoms with Crippen LogP contribution in [0.15, 0.2) is 54.7 Å². The molecule has 166 valence electrons. The molecule has 4 rings (SSSR count). The fraction of sp³-hybridized carbons (Fsp3) is 0.292. The zero-order valence-corrected chi connectivity index (χ0v) is 20.3. The van der Waals surface area contributed by atoms with Crippen molar-refractivity contribution in [2.45, 2.75) is 36.8 Å². The topological polar surface area (TPSA) is 99.1 Å². The van der Waals surface area contributed by atoms with E-state index in [-0.39, 0.29) is 6.61 Å². The highest BCUT2D eigenvalue weighted by molar-refractivity contribution is 14.1. The highest BCUT2D eigenvalue weighted by Crippen LogP contribution is 2.35. The average molecular weight is 543 g/mol. The van der Waals surface area contributed by atoms with Gasteiger partial charge in [-0.1, -0.05) is 48.1 Å². The lowest BCUT2D eigenvalue weighted by molar-refractivity contribution is 0.276. The number of pyridine rings is 2. The van der Waals surface area contributed by atoms with Crippen molar-refractivity contribution in [3.63, 3.8) is 0 Å². The van der Waals surface area contributed by atoms with Crippen LogP contribution in [0.5, 0.6) is 5.75 Å². The largest absolute Gasteiger partial charge is 0.493 e. The van der Waals surface area contributed by atoms with Gasteiger partial charge in [-0.2, -0.15) is 5.10 Å². The van der Waals surface area contributed by atoms with Crippen molar-refractivity contribution in [2.75, 3.05) is 6.61 Å². The van der Waals surface area contributed by atoms with Gasteiger partial charge >= 0.3 is 0 Å². The zero-order valence-electron chi connectivity index (χ0n) is 18.1. The minimum atomic E-state index is -0.522. The van der Waals surface area contributed by atoms with Crippen molar-refractivity contribution in [3.05, 3.63) is 66.1 Å². The van der Waals surface area contributed by atoms with Gasteiger partial charge in [-0.25, -0.2) is 9.67 Å². The lowest BCUT2D eigenvalue weighted by Crippen LogP contribution is -2.30. The van der Waals surface area contributed by atoms with E-state index in [4.69, 9.17) is 15.5 Å². The van der Waals surface area contributed by atoms with Crippen LogP contribution in [0.1, 0.15) is 38.1 Å². The molecule has 0 unspecified atom stereocenters. The lowest BCUT2D eigenvalue weighted by atomic mass is 10.1. The molecule has 1 atom stereocenters. The van der Waals surface area contributed by atoms with E-state index in [0.29, 0.717) is 18.1 Å². The summed E-state index contributed by atoms with van der Waals surface area (Å²) < 4.78 is 7.18. The number of nitrogens with zero attached hydrogens (tertiary/aromatic N) is 4. The second-order valence-corrected chi connectivity index (χ2v) is 9.49. The fourth-order valence-corrected chi connectivity index (χ4v) is 4.53. The number of halogens is 1. The van der Waals surface area contributed by atoms with Gasteiger partial charge in [-0.05, 0) is 49.7 Å². The molecule has 0 radical (unpaired) electrons. The molecule has 0 aliphatic rings. The molecule has 32 heavy (non-hydrogen) atoms. The normalized spacial score (nSPS) is 13.3. The number of aliphatic hydroxyl groups excluding tert-OH is 1. The Morgan fingerprint density at radius 2 is 1.94 bits per heavy atom.